The monoisotopic (exact) mass is 375 g/mol. The van der Waals surface area contributed by atoms with E-state index in [1.807, 2.05) is 24.3 Å². The standard InChI is InChI=1S/C26H21N3/c1-18-7-5-9-20(15-18)29(21-10-6-8-19(2)16-21)22-13-14-25-26(17-22)28-24-12-4-3-11-23(24)27-25/h3-17H,1-2H3. The molecule has 0 fully saturated rings. The van der Waals surface area contributed by atoms with Gasteiger partial charge in [-0.15, -0.1) is 0 Å². The molecule has 0 radical (unpaired) electrons. The second-order valence-electron chi connectivity index (χ2n) is 7.40. The van der Waals surface area contributed by atoms with Crippen molar-refractivity contribution in [2.75, 3.05) is 4.90 Å². The summed E-state index contributed by atoms with van der Waals surface area (Å²) < 4.78 is 0. The van der Waals surface area contributed by atoms with Gasteiger partial charge in [0.2, 0.25) is 0 Å². The predicted molar refractivity (Wildman–Crippen MR) is 121 cm³/mol. The zero-order valence-electron chi connectivity index (χ0n) is 16.5. The average molecular weight is 375 g/mol. The number of aryl methyl sites for hydroxylation is 2. The number of rotatable bonds is 3. The number of hydrogen-bond donors (Lipinski definition) is 0. The van der Waals surface area contributed by atoms with Crippen LogP contribution in [0.3, 0.4) is 0 Å². The molecule has 0 aliphatic rings. The van der Waals surface area contributed by atoms with Gasteiger partial charge < -0.3 is 4.90 Å². The van der Waals surface area contributed by atoms with Crippen LogP contribution in [0.2, 0.25) is 0 Å². The van der Waals surface area contributed by atoms with Gasteiger partial charge in [-0.25, -0.2) is 9.97 Å². The van der Waals surface area contributed by atoms with Crippen LogP contribution in [0.25, 0.3) is 22.1 Å². The van der Waals surface area contributed by atoms with Crippen LogP contribution in [-0.4, -0.2) is 9.97 Å². The summed E-state index contributed by atoms with van der Waals surface area (Å²) in [5.74, 6) is 0. The average Bonchev–Trinajstić information content (AvgIpc) is 2.72. The largest absolute Gasteiger partial charge is 0.310 e. The Morgan fingerprint density at radius 3 is 1.59 bits per heavy atom. The second kappa shape index (κ2) is 7.02. The van der Waals surface area contributed by atoms with Crippen molar-refractivity contribution in [3.63, 3.8) is 0 Å². The lowest BCUT2D eigenvalue weighted by Crippen LogP contribution is -2.10. The van der Waals surface area contributed by atoms with E-state index in [4.69, 9.17) is 9.97 Å². The Morgan fingerprint density at radius 2 is 1.00 bits per heavy atom. The minimum Gasteiger partial charge on any atom is -0.310 e. The summed E-state index contributed by atoms with van der Waals surface area (Å²) in [6.07, 6.45) is 0. The quantitative estimate of drug-likeness (QED) is 0.322. The van der Waals surface area contributed by atoms with Crippen molar-refractivity contribution >= 4 is 39.1 Å². The number of fused-ring (bicyclic) bond motifs is 2. The van der Waals surface area contributed by atoms with Crippen molar-refractivity contribution < 1.29 is 0 Å². The van der Waals surface area contributed by atoms with E-state index in [1.165, 1.54) is 11.1 Å². The molecule has 0 unspecified atom stereocenters. The molecule has 5 rings (SSSR count). The molecule has 3 heteroatoms. The molecule has 4 aromatic carbocycles. The normalized spacial score (nSPS) is 11.1. The SMILES string of the molecule is Cc1cccc(N(c2cccc(C)c2)c2ccc3nc4ccccc4nc3c2)c1. The van der Waals surface area contributed by atoms with Gasteiger partial charge in [-0.3, -0.25) is 0 Å². The second-order valence-corrected chi connectivity index (χ2v) is 7.40. The Bertz CT molecular complexity index is 1290. The molecule has 0 bridgehead atoms. The fourth-order valence-corrected chi connectivity index (χ4v) is 3.73. The van der Waals surface area contributed by atoms with Gasteiger partial charge in [0, 0.05) is 17.1 Å². The predicted octanol–water partition coefficient (Wildman–Crippen LogP) is 6.87. The van der Waals surface area contributed by atoms with Crippen LogP contribution in [-0.2, 0) is 0 Å². The molecular weight excluding hydrogens is 354 g/mol. The topological polar surface area (TPSA) is 29.0 Å². The number of anilines is 3. The van der Waals surface area contributed by atoms with Gasteiger partial charge in [-0.1, -0.05) is 36.4 Å². The first-order valence-corrected chi connectivity index (χ1v) is 9.77. The summed E-state index contributed by atoms with van der Waals surface area (Å²) in [6.45, 7) is 4.24. The molecule has 3 nitrogen and oxygen atoms in total. The van der Waals surface area contributed by atoms with Gasteiger partial charge in [-0.2, -0.15) is 0 Å². The molecule has 0 aliphatic heterocycles. The Labute approximate surface area is 170 Å². The molecule has 0 aliphatic carbocycles. The highest BCUT2D eigenvalue weighted by Crippen LogP contribution is 2.36. The highest BCUT2D eigenvalue weighted by molar-refractivity contribution is 5.90. The van der Waals surface area contributed by atoms with Gasteiger partial charge in [0.15, 0.2) is 0 Å². The zero-order valence-corrected chi connectivity index (χ0v) is 16.5. The zero-order chi connectivity index (χ0) is 19.8. The lowest BCUT2D eigenvalue weighted by Gasteiger charge is -2.26. The Balaban J connectivity index is 1.72. The van der Waals surface area contributed by atoms with Crippen molar-refractivity contribution in [3.05, 3.63) is 102 Å². The molecule has 0 spiro atoms. The molecule has 1 heterocycles. The molecule has 0 amide bonds. The Kier molecular flexibility index (Phi) is 4.21. The maximum Gasteiger partial charge on any atom is 0.0915 e. The summed E-state index contributed by atoms with van der Waals surface area (Å²) in [5.41, 5.74) is 9.41. The summed E-state index contributed by atoms with van der Waals surface area (Å²) in [7, 11) is 0. The maximum atomic E-state index is 4.85. The van der Waals surface area contributed by atoms with E-state index in [0.717, 1.165) is 39.1 Å². The van der Waals surface area contributed by atoms with Gasteiger partial charge >= 0.3 is 0 Å². The summed E-state index contributed by atoms with van der Waals surface area (Å²) in [5, 5.41) is 0. The summed E-state index contributed by atoms with van der Waals surface area (Å²) in [6, 6.07) is 31.4. The first-order valence-electron chi connectivity index (χ1n) is 9.77. The highest BCUT2D eigenvalue weighted by atomic mass is 15.1. The molecule has 29 heavy (non-hydrogen) atoms. The Hall–Kier alpha value is -3.72. The van der Waals surface area contributed by atoms with Crippen LogP contribution in [0.15, 0.2) is 91.0 Å². The van der Waals surface area contributed by atoms with Crippen LogP contribution in [0.5, 0.6) is 0 Å². The van der Waals surface area contributed by atoms with Crippen LogP contribution < -0.4 is 4.90 Å². The number of aromatic nitrogens is 2. The van der Waals surface area contributed by atoms with Crippen molar-refractivity contribution in [2.24, 2.45) is 0 Å². The van der Waals surface area contributed by atoms with Crippen molar-refractivity contribution in [3.8, 4) is 0 Å². The molecule has 1 aromatic heterocycles. The van der Waals surface area contributed by atoms with Crippen molar-refractivity contribution in [1.29, 1.82) is 0 Å². The first-order chi connectivity index (χ1) is 14.2. The summed E-state index contributed by atoms with van der Waals surface area (Å²) in [4.78, 5) is 11.9. The fourth-order valence-electron chi connectivity index (χ4n) is 3.73. The molecule has 0 saturated carbocycles. The van der Waals surface area contributed by atoms with E-state index in [1.54, 1.807) is 0 Å². The minimum absolute atomic E-state index is 0.895. The van der Waals surface area contributed by atoms with Crippen molar-refractivity contribution in [2.45, 2.75) is 13.8 Å². The third-order valence-electron chi connectivity index (χ3n) is 5.10. The number of benzene rings is 4. The van der Waals surface area contributed by atoms with E-state index in [9.17, 15) is 0 Å². The highest BCUT2D eigenvalue weighted by Gasteiger charge is 2.14. The van der Waals surface area contributed by atoms with Crippen LogP contribution >= 0.6 is 0 Å². The molecule has 140 valence electrons. The number of para-hydroxylation sites is 2. The fraction of sp³-hybridized carbons (Fsp3) is 0.0769. The lowest BCUT2D eigenvalue weighted by molar-refractivity contribution is 1.26. The van der Waals surface area contributed by atoms with Crippen LogP contribution in [0.1, 0.15) is 11.1 Å². The van der Waals surface area contributed by atoms with Crippen LogP contribution in [0, 0.1) is 13.8 Å². The van der Waals surface area contributed by atoms with E-state index >= 15 is 0 Å². The third kappa shape index (κ3) is 3.32. The maximum absolute atomic E-state index is 4.85. The third-order valence-corrected chi connectivity index (χ3v) is 5.10. The van der Waals surface area contributed by atoms with Gasteiger partial charge in [-0.05, 0) is 79.6 Å². The molecule has 0 atom stereocenters. The number of hydrogen-bond acceptors (Lipinski definition) is 3. The van der Waals surface area contributed by atoms with E-state index in [-0.39, 0.29) is 0 Å². The van der Waals surface area contributed by atoms with Crippen molar-refractivity contribution in [1.82, 2.24) is 9.97 Å². The lowest BCUT2D eigenvalue weighted by atomic mass is 10.1. The summed E-state index contributed by atoms with van der Waals surface area (Å²) >= 11 is 0. The smallest absolute Gasteiger partial charge is 0.0915 e. The molecular formula is C26H21N3. The van der Waals surface area contributed by atoms with Gasteiger partial charge in [0.25, 0.3) is 0 Å². The Morgan fingerprint density at radius 1 is 0.483 bits per heavy atom. The molecule has 5 aromatic rings. The van der Waals surface area contributed by atoms with Crippen LogP contribution in [0.4, 0.5) is 17.1 Å². The van der Waals surface area contributed by atoms with E-state index in [0.29, 0.717) is 0 Å². The van der Waals surface area contributed by atoms with Gasteiger partial charge in [0.05, 0.1) is 22.1 Å². The number of nitrogens with zero attached hydrogens (tertiary/aromatic N) is 3. The van der Waals surface area contributed by atoms with E-state index in [2.05, 4.69) is 85.5 Å². The first kappa shape index (κ1) is 17.4. The minimum atomic E-state index is 0.895. The van der Waals surface area contributed by atoms with Gasteiger partial charge in [0.1, 0.15) is 0 Å². The molecule has 0 saturated heterocycles. The van der Waals surface area contributed by atoms with E-state index < -0.39 is 0 Å². The molecule has 0 N–H and O–H groups in total.